The van der Waals surface area contributed by atoms with Gasteiger partial charge in [-0.3, -0.25) is 9.69 Å². The number of carbonyl (C=O) groups excluding carboxylic acids is 1. The van der Waals surface area contributed by atoms with Gasteiger partial charge in [0.05, 0.1) is 16.9 Å². The number of benzene rings is 2. The molecule has 1 amide bonds. The highest BCUT2D eigenvalue weighted by atomic mass is 35.5. The zero-order chi connectivity index (χ0) is 25.6. The van der Waals surface area contributed by atoms with Gasteiger partial charge >= 0.3 is 0 Å². The molecule has 0 bridgehead atoms. The molecule has 8 nitrogen and oxygen atoms in total. The fourth-order valence-electron chi connectivity index (χ4n) is 4.62. The number of para-hydroxylation sites is 1. The summed E-state index contributed by atoms with van der Waals surface area (Å²) < 4.78 is 0. The van der Waals surface area contributed by atoms with Gasteiger partial charge in [-0.1, -0.05) is 48.0 Å². The molecule has 0 spiro atoms. The molecule has 4 aromatic rings. The SMILES string of the molecule is Cl.NCC=CC(=O)Nc1ccc(CN2CCC(Nc3ncc(Cl)c(-c4c[nH]c5ccccc45)n3)CC2)cc1. The van der Waals surface area contributed by atoms with Crippen molar-refractivity contribution in [3.63, 3.8) is 0 Å². The van der Waals surface area contributed by atoms with E-state index in [2.05, 4.69) is 43.7 Å². The molecule has 1 fully saturated rings. The van der Waals surface area contributed by atoms with E-state index in [-0.39, 0.29) is 18.3 Å². The van der Waals surface area contributed by atoms with E-state index in [0.29, 0.717) is 23.6 Å². The van der Waals surface area contributed by atoms with Crippen molar-refractivity contribution < 1.29 is 4.79 Å². The summed E-state index contributed by atoms with van der Waals surface area (Å²) >= 11 is 6.48. The van der Waals surface area contributed by atoms with Crippen LogP contribution in [0.5, 0.6) is 0 Å². The molecule has 10 heteroatoms. The Morgan fingerprint density at radius 3 is 2.68 bits per heavy atom. The van der Waals surface area contributed by atoms with Crippen molar-refractivity contribution in [2.24, 2.45) is 5.73 Å². The second kappa shape index (κ2) is 12.9. The summed E-state index contributed by atoms with van der Waals surface area (Å²) in [6, 6.07) is 16.4. The smallest absolute Gasteiger partial charge is 0.248 e. The maximum atomic E-state index is 11.8. The monoisotopic (exact) mass is 551 g/mol. The molecular weight excluding hydrogens is 521 g/mol. The first kappa shape index (κ1) is 27.6. The summed E-state index contributed by atoms with van der Waals surface area (Å²) in [4.78, 5) is 26.7. The van der Waals surface area contributed by atoms with Gasteiger partial charge in [0, 0.05) is 66.6 Å². The molecule has 5 rings (SSSR count). The third kappa shape index (κ3) is 6.71. The van der Waals surface area contributed by atoms with Crippen molar-refractivity contribution >= 4 is 52.5 Å². The number of nitrogens with two attached hydrogens (primary N) is 1. The summed E-state index contributed by atoms with van der Waals surface area (Å²) in [7, 11) is 0. The van der Waals surface area contributed by atoms with Gasteiger partial charge in [-0.15, -0.1) is 12.4 Å². The predicted molar refractivity (Wildman–Crippen MR) is 157 cm³/mol. The number of fused-ring (bicyclic) bond motifs is 1. The maximum Gasteiger partial charge on any atom is 0.248 e. The highest BCUT2D eigenvalue weighted by Crippen LogP contribution is 2.32. The van der Waals surface area contributed by atoms with E-state index >= 15 is 0 Å². The first-order valence-corrected chi connectivity index (χ1v) is 12.8. The predicted octanol–water partition coefficient (Wildman–Crippen LogP) is 5.23. The Balaban J connectivity index is 0.00000336. The Bertz CT molecular complexity index is 1400. The van der Waals surface area contributed by atoms with Crippen LogP contribution in [0.1, 0.15) is 18.4 Å². The standard InChI is InChI=1S/C28H30ClN7O.ClH/c29-24-17-32-28(35-27(24)23-16-31-25-5-2-1-4-22(23)25)34-21-11-14-36(15-12-21)18-19-7-9-20(10-8-19)33-26(37)6-3-13-30;/h1-10,16-17,21,31H,11-15,18,30H2,(H,33,37)(H,32,34,35);1H. The van der Waals surface area contributed by atoms with Crippen molar-refractivity contribution in [3.8, 4) is 11.3 Å². The number of H-pyrrole nitrogens is 1. The molecule has 0 radical (unpaired) electrons. The second-order valence-corrected chi connectivity index (χ2v) is 9.56. The van der Waals surface area contributed by atoms with E-state index in [0.717, 1.165) is 60.3 Å². The van der Waals surface area contributed by atoms with Crippen LogP contribution in [-0.2, 0) is 11.3 Å². The Kier molecular flexibility index (Phi) is 9.36. The van der Waals surface area contributed by atoms with Crippen molar-refractivity contribution in [1.29, 1.82) is 0 Å². The van der Waals surface area contributed by atoms with Crippen LogP contribution in [0.3, 0.4) is 0 Å². The molecule has 2 aromatic heterocycles. The number of aromatic amines is 1. The highest BCUT2D eigenvalue weighted by Gasteiger charge is 2.21. The number of likely N-dealkylation sites (tertiary alicyclic amines) is 1. The molecule has 198 valence electrons. The van der Waals surface area contributed by atoms with Gasteiger partial charge in [-0.25, -0.2) is 9.97 Å². The molecule has 38 heavy (non-hydrogen) atoms. The number of anilines is 2. The van der Waals surface area contributed by atoms with Crippen LogP contribution in [0, 0.1) is 0 Å². The highest BCUT2D eigenvalue weighted by molar-refractivity contribution is 6.33. The van der Waals surface area contributed by atoms with Gasteiger partial charge in [0.15, 0.2) is 0 Å². The molecule has 0 unspecified atom stereocenters. The normalized spacial score (nSPS) is 14.5. The van der Waals surface area contributed by atoms with Crippen molar-refractivity contribution in [2.45, 2.75) is 25.4 Å². The number of rotatable bonds is 8. The fraction of sp³-hybridized carbons (Fsp3) is 0.250. The maximum absolute atomic E-state index is 11.8. The Morgan fingerprint density at radius 2 is 1.92 bits per heavy atom. The van der Waals surface area contributed by atoms with Crippen LogP contribution < -0.4 is 16.4 Å². The summed E-state index contributed by atoms with van der Waals surface area (Å²) in [6.45, 7) is 3.17. The zero-order valence-corrected chi connectivity index (χ0v) is 22.4. The fourth-order valence-corrected chi connectivity index (χ4v) is 4.81. The Morgan fingerprint density at radius 1 is 1.16 bits per heavy atom. The first-order chi connectivity index (χ1) is 18.1. The van der Waals surface area contributed by atoms with E-state index in [1.54, 1.807) is 12.3 Å². The summed E-state index contributed by atoms with van der Waals surface area (Å²) in [5.41, 5.74) is 10.1. The van der Waals surface area contributed by atoms with Crippen LogP contribution in [0.25, 0.3) is 22.2 Å². The third-order valence-electron chi connectivity index (χ3n) is 6.54. The molecule has 5 N–H and O–H groups in total. The minimum Gasteiger partial charge on any atom is -0.360 e. The summed E-state index contributed by atoms with van der Waals surface area (Å²) in [5, 5.41) is 7.96. The lowest BCUT2D eigenvalue weighted by molar-refractivity contribution is -0.111. The van der Waals surface area contributed by atoms with Crippen LogP contribution in [0.2, 0.25) is 5.02 Å². The van der Waals surface area contributed by atoms with E-state index in [1.807, 2.05) is 36.5 Å². The number of carbonyl (C=O) groups is 1. The molecule has 2 aromatic carbocycles. The van der Waals surface area contributed by atoms with E-state index in [4.69, 9.17) is 22.3 Å². The molecule has 0 atom stereocenters. The Hall–Kier alpha value is -3.43. The van der Waals surface area contributed by atoms with Gasteiger partial charge in [-0.05, 0) is 36.6 Å². The topological polar surface area (TPSA) is 112 Å². The number of halogens is 2. The average Bonchev–Trinajstić information content (AvgIpc) is 3.35. The second-order valence-electron chi connectivity index (χ2n) is 9.16. The molecule has 0 saturated carbocycles. The number of nitrogens with zero attached hydrogens (tertiary/aromatic N) is 3. The molecule has 3 heterocycles. The summed E-state index contributed by atoms with van der Waals surface area (Å²) in [5.74, 6) is 0.424. The Labute approximate surface area is 233 Å². The minimum atomic E-state index is -0.175. The van der Waals surface area contributed by atoms with Crippen LogP contribution in [0.4, 0.5) is 11.6 Å². The van der Waals surface area contributed by atoms with Gasteiger partial charge in [-0.2, -0.15) is 0 Å². The van der Waals surface area contributed by atoms with Gasteiger partial charge in [0.2, 0.25) is 11.9 Å². The molecule has 1 aliphatic heterocycles. The molecule has 0 aliphatic carbocycles. The molecule has 1 saturated heterocycles. The first-order valence-electron chi connectivity index (χ1n) is 12.4. The van der Waals surface area contributed by atoms with Crippen LogP contribution in [-0.4, -0.2) is 51.4 Å². The van der Waals surface area contributed by atoms with Crippen LogP contribution in [0.15, 0.2) is 73.1 Å². The van der Waals surface area contributed by atoms with Crippen molar-refractivity contribution in [1.82, 2.24) is 19.9 Å². The van der Waals surface area contributed by atoms with Gasteiger partial charge in [0.25, 0.3) is 0 Å². The number of aromatic nitrogens is 3. The van der Waals surface area contributed by atoms with E-state index < -0.39 is 0 Å². The minimum absolute atomic E-state index is 0. The lowest BCUT2D eigenvalue weighted by Gasteiger charge is -2.32. The summed E-state index contributed by atoms with van der Waals surface area (Å²) in [6.07, 6.45) is 8.69. The quantitative estimate of drug-likeness (QED) is 0.223. The number of hydrogen-bond donors (Lipinski definition) is 4. The molecular formula is C28H31Cl2N7O. The van der Waals surface area contributed by atoms with Crippen molar-refractivity contribution in [2.75, 3.05) is 30.3 Å². The van der Waals surface area contributed by atoms with Crippen molar-refractivity contribution in [3.05, 3.63) is 83.7 Å². The number of amides is 1. The number of piperidine rings is 1. The third-order valence-corrected chi connectivity index (χ3v) is 6.82. The molecule has 1 aliphatic rings. The number of nitrogens with one attached hydrogen (secondary N) is 3. The van der Waals surface area contributed by atoms with Gasteiger partial charge < -0.3 is 21.4 Å². The largest absolute Gasteiger partial charge is 0.360 e. The van der Waals surface area contributed by atoms with E-state index in [1.165, 1.54) is 11.6 Å². The lowest BCUT2D eigenvalue weighted by atomic mass is 10.0. The van der Waals surface area contributed by atoms with Gasteiger partial charge in [0.1, 0.15) is 0 Å². The zero-order valence-electron chi connectivity index (χ0n) is 20.9. The van der Waals surface area contributed by atoms with Crippen LogP contribution >= 0.6 is 24.0 Å². The average molecular weight is 553 g/mol. The lowest BCUT2D eigenvalue weighted by Crippen LogP contribution is -2.39. The van der Waals surface area contributed by atoms with E-state index in [9.17, 15) is 4.79 Å². The number of hydrogen-bond acceptors (Lipinski definition) is 6.